The molecule has 0 heterocycles. The Hall–Kier alpha value is -1.23. The third-order valence-electron chi connectivity index (χ3n) is 2.43. The number of carbonyl (C=O) groups is 1. The van der Waals surface area contributed by atoms with Gasteiger partial charge < -0.3 is 4.74 Å². The molecule has 1 rings (SSSR count). The number of hydrogen-bond acceptors (Lipinski definition) is 2. The van der Waals surface area contributed by atoms with E-state index in [1.54, 1.807) is 6.92 Å². The molecule has 0 aliphatic carbocycles. The van der Waals surface area contributed by atoms with Crippen LogP contribution in [0.3, 0.4) is 0 Å². The molecule has 1 atom stereocenters. The number of halogens is 4. The van der Waals surface area contributed by atoms with E-state index in [-0.39, 0.29) is 11.3 Å². The summed E-state index contributed by atoms with van der Waals surface area (Å²) in [5.74, 6) is -0.839. The highest BCUT2D eigenvalue weighted by Crippen LogP contribution is 2.37. The van der Waals surface area contributed by atoms with Crippen molar-refractivity contribution in [3.8, 4) is 5.75 Å². The summed E-state index contributed by atoms with van der Waals surface area (Å²) in [6, 6.07) is 3.17. The maximum atomic E-state index is 12.7. The van der Waals surface area contributed by atoms with Gasteiger partial charge in [0.25, 0.3) is 0 Å². The summed E-state index contributed by atoms with van der Waals surface area (Å²) < 4.78 is 42.8. The van der Waals surface area contributed by atoms with Crippen LogP contribution in [0.25, 0.3) is 0 Å². The fourth-order valence-electron chi connectivity index (χ4n) is 1.45. The third kappa shape index (κ3) is 3.16. The molecule has 0 N–H and O–H groups in total. The number of hydrogen-bond donors (Lipinski definition) is 0. The number of Topliss-reactive ketones (excluding diaryl/α,β-unsaturated/α-hetero) is 1. The van der Waals surface area contributed by atoms with E-state index in [0.717, 1.165) is 19.2 Å². The first-order chi connectivity index (χ1) is 8.31. The molecule has 0 radical (unpaired) electrons. The average molecular weight is 281 g/mol. The molecule has 0 saturated heterocycles. The van der Waals surface area contributed by atoms with E-state index >= 15 is 0 Å². The van der Waals surface area contributed by atoms with Crippen molar-refractivity contribution in [1.29, 1.82) is 0 Å². The Bertz CT molecular complexity index is 443. The number of alkyl halides is 4. The molecule has 0 fully saturated rings. The van der Waals surface area contributed by atoms with Gasteiger partial charge >= 0.3 is 6.18 Å². The predicted molar refractivity (Wildman–Crippen MR) is 62.3 cm³/mol. The van der Waals surface area contributed by atoms with Crippen LogP contribution in [0.2, 0.25) is 0 Å². The molecule has 0 amide bonds. The van der Waals surface area contributed by atoms with Gasteiger partial charge in [0.1, 0.15) is 5.75 Å². The van der Waals surface area contributed by atoms with Gasteiger partial charge in [-0.25, -0.2) is 0 Å². The minimum atomic E-state index is -4.57. The second kappa shape index (κ2) is 5.61. The van der Waals surface area contributed by atoms with Crippen molar-refractivity contribution in [2.75, 3.05) is 7.11 Å². The Morgan fingerprint density at radius 2 is 2.06 bits per heavy atom. The molecular formula is C12H12ClF3O2. The molecule has 0 aliphatic rings. The number of carbonyl (C=O) groups excluding carboxylic acids is 1. The molecule has 2 nitrogen and oxygen atoms in total. The quantitative estimate of drug-likeness (QED) is 0.617. The van der Waals surface area contributed by atoms with Crippen LogP contribution in [0.15, 0.2) is 18.2 Å². The minimum absolute atomic E-state index is 0.0648. The van der Waals surface area contributed by atoms with Gasteiger partial charge in [0.05, 0.1) is 18.1 Å². The standard InChI is InChI=1S/C12H12ClF3O2/c1-3-9(13)11(17)7-4-5-10(18-2)8(6-7)12(14,15)16/h4-6,9H,3H2,1-2H3. The number of methoxy groups -OCH3 is 1. The number of ether oxygens (including phenoxy) is 1. The van der Waals surface area contributed by atoms with Gasteiger partial charge in [-0.1, -0.05) is 6.92 Å². The van der Waals surface area contributed by atoms with E-state index in [4.69, 9.17) is 11.6 Å². The minimum Gasteiger partial charge on any atom is -0.496 e. The zero-order chi connectivity index (χ0) is 13.9. The van der Waals surface area contributed by atoms with Crippen molar-refractivity contribution in [1.82, 2.24) is 0 Å². The van der Waals surface area contributed by atoms with Crippen molar-refractivity contribution < 1.29 is 22.7 Å². The van der Waals surface area contributed by atoms with Crippen molar-refractivity contribution in [2.24, 2.45) is 0 Å². The van der Waals surface area contributed by atoms with Crippen LogP contribution < -0.4 is 4.74 Å². The zero-order valence-electron chi connectivity index (χ0n) is 9.84. The van der Waals surface area contributed by atoms with E-state index in [0.29, 0.717) is 6.42 Å². The summed E-state index contributed by atoms with van der Waals surface area (Å²) in [7, 11) is 1.14. The Morgan fingerprint density at radius 1 is 1.44 bits per heavy atom. The maximum Gasteiger partial charge on any atom is 0.419 e. The number of rotatable bonds is 4. The van der Waals surface area contributed by atoms with Gasteiger partial charge in [-0.2, -0.15) is 13.2 Å². The van der Waals surface area contributed by atoms with Gasteiger partial charge in [-0.3, -0.25) is 4.79 Å². The molecule has 100 valence electrons. The molecule has 1 aromatic rings. The van der Waals surface area contributed by atoms with Crippen LogP contribution in [-0.2, 0) is 6.18 Å². The van der Waals surface area contributed by atoms with Gasteiger partial charge in [0.15, 0.2) is 5.78 Å². The summed E-state index contributed by atoms with van der Waals surface area (Å²) in [5, 5.41) is -0.820. The van der Waals surface area contributed by atoms with Crippen LogP contribution >= 0.6 is 11.6 Å². The highest BCUT2D eigenvalue weighted by atomic mass is 35.5. The van der Waals surface area contributed by atoms with Crippen molar-refractivity contribution in [3.05, 3.63) is 29.3 Å². The lowest BCUT2D eigenvalue weighted by molar-refractivity contribution is -0.138. The van der Waals surface area contributed by atoms with Gasteiger partial charge in [-0.15, -0.1) is 11.6 Å². The van der Waals surface area contributed by atoms with Crippen molar-refractivity contribution in [2.45, 2.75) is 24.9 Å². The summed E-state index contributed by atoms with van der Waals surface area (Å²) in [6.45, 7) is 1.68. The van der Waals surface area contributed by atoms with E-state index in [2.05, 4.69) is 4.74 Å². The van der Waals surface area contributed by atoms with Crippen LogP contribution in [0.4, 0.5) is 13.2 Å². The predicted octanol–water partition coefficient (Wildman–Crippen LogP) is 3.91. The Balaban J connectivity index is 3.23. The van der Waals surface area contributed by atoms with Gasteiger partial charge in [0, 0.05) is 5.56 Å². The van der Waals surface area contributed by atoms with Crippen LogP contribution in [-0.4, -0.2) is 18.3 Å². The molecule has 6 heteroatoms. The first-order valence-corrected chi connectivity index (χ1v) is 5.68. The Kier molecular flexibility index (Phi) is 4.62. The monoisotopic (exact) mass is 280 g/mol. The maximum absolute atomic E-state index is 12.7. The fraction of sp³-hybridized carbons (Fsp3) is 0.417. The van der Waals surface area contributed by atoms with E-state index < -0.39 is 22.9 Å². The first kappa shape index (κ1) is 14.8. The summed E-state index contributed by atoms with van der Waals surface area (Å²) in [4.78, 5) is 11.7. The summed E-state index contributed by atoms with van der Waals surface area (Å²) in [6.07, 6.45) is -4.22. The molecule has 0 saturated carbocycles. The summed E-state index contributed by atoms with van der Waals surface area (Å²) in [5.41, 5.74) is -1.04. The number of benzene rings is 1. The fourth-order valence-corrected chi connectivity index (χ4v) is 1.58. The second-order valence-corrected chi connectivity index (χ2v) is 4.18. The molecule has 0 aromatic heterocycles. The molecule has 0 spiro atoms. The van der Waals surface area contributed by atoms with E-state index in [1.165, 1.54) is 6.07 Å². The SMILES string of the molecule is CCC(Cl)C(=O)c1ccc(OC)c(C(F)(F)F)c1. The van der Waals surface area contributed by atoms with Crippen LogP contribution in [0.1, 0.15) is 29.3 Å². The second-order valence-electron chi connectivity index (χ2n) is 3.65. The average Bonchev–Trinajstić information content (AvgIpc) is 2.35. The molecule has 1 aromatic carbocycles. The van der Waals surface area contributed by atoms with Crippen LogP contribution in [0.5, 0.6) is 5.75 Å². The van der Waals surface area contributed by atoms with Crippen LogP contribution in [0, 0.1) is 0 Å². The van der Waals surface area contributed by atoms with Crippen molar-refractivity contribution in [3.63, 3.8) is 0 Å². The lowest BCUT2D eigenvalue weighted by Crippen LogP contribution is -2.15. The molecule has 18 heavy (non-hydrogen) atoms. The molecular weight excluding hydrogens is 269 g/mol. The van der Waals surface area contributed by atoms with E-state index in [1.807, 2.05) is 0 Å². The van der Waals surface area contributed by atoms with Gasteiger partial charge in [-0.05, 0) is 24.6 Å². The molecule has 1 unspecified atom stereocenters. The Morgan fingerprint density at radius 3 is 2.50 bits per heavy atom. The molecule has 0 bridgehead atoms. The van der Waals surface area contributed by atoms with Crippen molar-refractivity contribution >= 4 is 17.4 Å². The topological polar surface area (TPSA) is 26.3 Å². The van der Waals surface area contributed by atoms with E-state index in [9.17, 15) is 18.0 Å². The smallest absolute Gasteiger partial charge is 0.419 e. The normalized spacial score (nSPS) is 13.2. The van der Waals surface area contributed by atoms with Gasteiger partial charge in [0.2, 0.25) is 0 Å². The number of ketones is 1. The lowest BCUT2D eigenvalue weighted by atomic mass is 10.0. The molecule has 0 aliphatic heterocycles. The highest BCUT2D eigenvalue weighted by molar-refractivity contribution is 6.33. The highest BCUT2D eigenvalue weighted by Gasteiger charge is 2.35. The summed E-state index contributed by atoms with van der Waals surface area (Å²) >= 11 is 5.73. The lowest BCUT2D eigenvalue weighted by Gasteiger charge is -2.14. The third-order valence-corrected chi connectivity index (χ3v) is 2.94. The Labute approximate surface area is 108 Å². The zero-order valence-corrected chi connectivity index (χ0v) is 10.6. The largest absolute Gasteiger partial charge is 0.496 e. The first-order valence-electron chi connectivity index (χ1n) is 5.24.